The van der Waals surface area contributed by atoms with Crippen LogP contribution in [0.15, 0.2) is 0 Å². The summed E-state index contributed by atoms with van der Waals surface area (Å²) >= 11 is 5.85. The lowest BCUT2D eigenvalue weighted by Gasteiger charge is -2.14. The smallest absolute Gasteiger partial charge is 0.360 e. The zero-order chi connectivity index (χ0) is 14.5. The Hall–Kier alpha value is -1.83. The Bertz CT molecular complexity index is 504. The topological polar surface area (TPSA) is 89.3 Å². The van der Waals surface area contributed by atoms with Gasteiger partial charge in [-0.25, -0.2) is 14.3 Å². The maximum atomic E-state index is 11.7. The maximum absolute atomic E-state index is 11.7. The molecule has 2 amide bonds. The molecule has 8 nitrogen and oxygen atoms in total. The minimum atomic E-state index is -0.534. The molecular formula is C11H16ClN5O3. The quantitative estimate of drug-likeness (QED) is 0.599. The van der Waals surface area contributed by atoms with Crippen LogP contribution in [0.25, 0.3) is 0 Å². The number of halogens is 1. The molecular weight excluding hydrogens is 286 g/mol. The molecule has 2 heterocycles. The van der Waals surface area contributed by atoms with Gasteiger partial charge in [0.05, 0.1) is 24.7 Å². The van der Waals surface area contributed by atoms with Gasteiger partial charge in [0.2, 0.25) is 0 Å². The number of carbonyl (C=O) groups is 2. The molecule has 0 radical (unpaired) electrons. The number of rotatable bonds is 6. The fourth-order valence-corrected chi connectivity index (χ4v) is 2.21. The average molecular weight is 302 g/mol. The van der Waals surface area contributed by atoms with Crippen LogP contribution < -0.4 is 5.32 Å². The van der Waals surface area contributed by atoms with Crippen LogP contribution in [0.2, 0.25) is 0 Å². The van der Waals surface area contributed by atoms with Crippen LogP contribution >= 0.6 is 11.6 Å². The molecule has 0 atom stereocenters. The van der Waals surface area contributed by atoms with Crippen molar-refractivity contribution in [2.24, 2.45) is 0 Å². The number of esters is 1. The van der Waals surface area contributed by atoms with Crippen molar-refractivity contribution < 1.29 is 14.3 Å². The molecule has 0 bridgehead atoms. The number of alkyl halides is 1. The number of aromatic nitrogens is 3. The van der Waals surface area contributed by atoms with E-state index in [9.17, 15) is 9.59 Å². The van der Waals surface area contributed by atoms with Crippen LogP contribution in [0.5, 0.6) is 0 Å². The Kier molecular flexibility index (Phi) is 4.78. The highest BCUT2D eigenvalue weighted by Gasteiger charge is 2.22. The molecule has 110 valence electrons. The third-order valence-corrected chi connectivity index (χ3v) is 3.21. The Morgan fingerprint density at radius 2 is 2.30 bits per heavy atom. The first-order valence-corrected chi connectivity index (χ1v) is 6.89. The number of carbonyl (C=O) groups excluding carboxylic acids is 2. The summed E-state index contributed by atoms with van der Waals surface area (Å²) in [6.45, 7) is 4.21. The lowest BCUT2D eigenvalue weighted by Crippen LogP contribution is -2.31. The zero-order valence-electron chi connectivity index (χ0n) is 11.1. The van der Waals surface area contributed by atoms with Crippen molar-refractivity contribution >= 4 is 23.6 Å². The summed E-state index contributed by atoms with van der Waals surface area (Å²) in [6.07, 6.45) is 0. The van der Waals surface area contributed by atoms with E-state index < -0.39 is 5.97 Å². The molecule has 1 fully saturated rings. The van der Waals surface area contributed by atoms with Crippen molar-refractivity contribution in [2.75, 3.05) is 26.2 Å². The van der Waals surface area contributed by atoms with Crippen LogP contribution in [-0.4, -0.2) is 58.1 Å². The third-order valence-electron chi connectivity index (χ3n) is 2.96. The Morgan fingerprint density at radius 3 is 2.90 bits per heavy atom. The number of hydrogen-bond donors (Lipinski definition) is 1. The van der Waals surface area contributed by atoms with E-state index >= 15 is 0 Å². The standard InChI is InChI=1S/C11H16ClN5O3/c1-2-20-10(18)9-8(7-12)17(15-14-9)6-5-16-4-3-13-11(16)19/h2-7H2,1H3,(H,13,19). The maximum Gasteiger partial charge on any atom is 0.360 e. The lowest BCUT2D eigenvalue weighted by molar-refractivity contribution is 0.0518. The molecule has 1 aromatic rings. The van der Waals surface area contributed by atoms with E-state index in [2.05, 4.69) is 15.6 Å². The molecule has 0 saturated carbocycles. The van der Waals surface area contributed by atoms with Crippen LogP contribution in [0, 0.1) is 0 Å². The summed E-state index contributed by atoms with van der Waals surface area (Å²) in [5.41, 5.74) is 0.637. The summed E-state index contributed by atoms with van der Waals surface area (Å²) in [4.78, 5) is 24.8. The van der Waals surface area contributed by atoms with Gasteiger partial charge in [-0.05, 0) is 6.92 Å². The number of ether oxygens (including phenoxy) is 1. The molecule has 0 aliphatic carbocycles. The van der Waals surface area contributed by atoms with Gasteiger partial charge in [0.15, 0.2) is 5.69 Å². The summed E-state index contributed by atoms with van der Waals surface area (Å²) < 4.78 is 6.42. The Balaban J connectivity index is 2.04. The van der Waals surface area contributed by atoms with Crippen molar-refractivity contribution in [3.8, 4) is 0 Å². The highest BCUT2D eigenvalue weighted by molar-refractivity contribution is 6.17. The van der Waals surface area contributed by atoms with Gasteiger partial charge in [0.1, 0.15) is 0 Å². The number of nitrogens with one attached hydrogen (secondary N) is 1. The SMILES string of the molecule is CCOC(=O)c1nnn(CCN2CCNC2=O)c1CCl. The van der Waals surface area contributed by atoms with Gasteiger partial charge in [-0.3, -0.25) is 0 Å². The first-order chi connectivity index (χ1) is 9.67. The van der Waals surface area contributed by atoms with Crippen molar-refractivity contribution in [1.82, 2.24) is 25.2 Å². The predicted molar refractivity (Wildman–Crippen MR) is 70.5 cm³/mol. The molecule has 0 unspecified atom stereocenters. The first-order valence-electron chi connectivity index (χ1n) is 6.35. The van der Waals surface area contributed by atoms with Crippen LogP contribution in [0.1, 0.15) is 23.1 Å². The minimum Gasteiger partial charge on any atom is -0.461 e. The molecule has 1 aromatic heterocycles. The van der Waals surface area contributed by atoms with Crippen molar-refractivity contribution in [3.05, 3.63) is 11.4 Å². The van der Waals surface area contributed by atoms with Gasteiger partial charge < -0.3 is 15.0 Å². The Morgan fingerprint density at radius 1 is 1.50 bits per heavy atom. The van der Waals surface area contributed by atoms with Gasteiger partial charge in [-0.15, -0.1) is 16.7 Å². The van der Waals surface area contributed by atoms with E-state index in [4.69, 9.17) is 16.3 Å². The zero-order valence-corrected chi connectivity index (χ0v) is 11.9. The number of nitrogens with zero attached hydrogens (tertiary/aromatic N) is 4. The number of amides is 2. The highest BCUT2D eigenvalue weighted by Crippen LogP contribution is 2.11. The normalized spacial score (nSPS) is 14.5. The van der Waals surface area contributed by atoms with Gasteiger partial charge >= 0.3 is 12.0 Å². The summed E-state index contributed by atoms with van der Waals surface area (Å²) in [5.74, 6) is -0.429. The van der Waals surface area contributed by atoms with E-state index in [1.54, 1.807) is 11.8 Å². The summed E-state index contributed by atoms with van der Waals surface area (Å²) in [5, 5.41) is 10.4. The number of hydrogen-bond acceptors (Lipinski definition) is 5. The van der Waals surface area contributed by atoms with Crippen molar-refractivity contribution in [3.63, 3.8) is 0 Å². The van der Waals surface area contributed by atoms with Crippen LogP contribution in [0.4, 0.5) is 4.79 Å². The fourth-order valence-electron chi connectivity index (χ4n) is 1.94. The van der Waals surface area contributed by atoms with E-state index in [1.165, 1.54) is 4.68 Å². The van der Waals surface area contributed by atoms with Crippen molar-refractivity contribution in [2.45, 2.75) is 19.3 Å². The van der Waals surface area contributed by atoms with E-state index in [1.807, 2.05) is 0 Å². The highest BCUT2D eigenvalue weighted by atomic mass is 35.5. The predicted octanol–water partition coefficient (Wildman–Crippen LogP) is 0.219. The third kappa shape index (κ3) is 3.01. The second-order valence-corrected chi connectivity index (χ2v) is 4.45. The molecule has 1 N–H and O–H groups in total. The van der Waals surface area contributed by atoms with Gasteiger partial charge in [-0.2, -0.15) is 0 Å². The molecule has 1 aliphatic rings. The fraction of sp³-hybridized carbons (Fsp3) is 0.636. The molecule has 1 aliphatic heterocycles. The minimum absolute atomic E-state index is 0.0943. The van der Waals surface area contributed by atoms with Crippen LogP contribution in [-0.2, 0) is 17.2 Å². The molecule has 2 rings (SSSR count). The van der Waals surface area contributed by atoms with E-state index in [-0.39, 0.29) is 24.2 Å². The Labute approximate surface area is 121 Å². The second-order valence-electron chi connectivity index (χ2n) is 4.18. The largest absolute Gasteiger partial charge is 0.461 e. The molecule has 9 heteroatoms. The monoisotopic (exact) mass is 301 g/mol. The lowest BCUT2D eigenvalue weighted by atomic mass is 10.3. The molecule has 1 saturated heterocycles. The summed E-state index contributed by atoms with van der Waals surface area (Å²) in [7, 11) is 0. The summed E-state index contributed by atoms with van der Waals surface area (Å²) in [6, 6.07) is -0.0943. The number of urea groups is 1. The van der Waals surface area contributed by atoms with Crippen LogP contribution in [0.3, 0.4) is 0 Å². The first kappa shape index (κ1) is 14.6. The second kappa shape index (κ2) is 6.56. The van der Waals surface area contributed by atoms with Gasteiger partial charge in [-0.1, -0.05) is 5.21 Å². The van der Waals surface area contributed by atoms with Crippen molar-refractivity contribution in [1.29, 1.82) is 0 Å². The van der Waals surface area contributed by atoms with E-state index in [0.29, 0.717) is 31.9 Å². The van der Waals surface area contributed by atoms with E-state index in [0.717, 1.165) is 0 Å². The molecule has 0 spiro atoms. The average Bonchev–Trinajstić information content (AvgIpc) is 3.02. The van der Waals surface area contributed by atoms with Gasteiger partial charge in [0, 0.05) is 19.6 Å². The molecule has 0 aromatic carbocycles. The van der Waals surface area contributed by atoms with Gasteiger partial charge in [0.25, 0.3) is 0 Å². The molecule has 20 heavy (non-hydrogen) atoms.